The molecule has 0 heterocycles. The van der Waals surface area contributed by atoms with Crippen LogP contribution in [0.4, 0.5) is 0 Å². The van der Waals surface area contributed by atoms with Crippen LogP contribution in [0, 0.1) is 0 Å². The fourth-order valence-electron chi connectivity index (χ4n) is 2.13. The molecule has 0 spiro atoms. The molecule has 9 heteroatoms. The first-order valence-electron chi connectivity index (χ1n) is 8.41. The van der Waals surface area contributed by atoms with Gasteiger partial charge in [0.25, 0.3) is 5.91 Å². The first-order chi connectivity index (χ1) is 13.5. The first-order valence-corrected chi connectivity index (χ1v) is 9.16. The van der Waals surface area contributed by atoms with Crippen molar-refractivity contribution >= 4 is 35.0 Å². The summed E-state index contributed by atoms with van der Waals surface area (Å²) in [5.41, 5.74) is 4.60. The van der Waals surface area contributed by atoms with Crippen LogP contribution < -0.4 is 25.1 Å². The number of hydrazine groups is 1. The number of benzene rings is 2. The lowest BCUT2D eigenvalue weighted by molar-refractivity contribution is -0.130. The van der Waals surface area contributed by atoms with Crippen LogP contribution in [0.1, 0.15) is 12.8 Å². The summed E-state index contributed by atoms with van der Waals surface area (Å²) >= 11 is 11.8. The summed E-state index contributed by atoms with van der Waals surface area (Å²) in [4.78, 5) is 23.5. The van der Waals surface area contributed by atoms with Crippen LogP contribution in [0.3, 0.4) is 0 Å². The topological polar surface area (TPSA) is 85.9 Å². The average molecular weight is 427 g/mol. The van der Waals surface area contributed by atoms with Crippen molar-refractivity contribution in [2.75, 3.05) is 20.3 Å². The van der Waals surface area contributed by atoms with Gasteiger partial charge in [0.2, 0.25) is 5.91 Å². The number of carbonyl (C=O) groups excluding carboxylic acids is 2. The molecule has 0 unspecified atom stereocenters. The molecule has 28 heavy (non-hydrogen) atoms. The van der Waals surface area contributed by atoms with Gasteiger partial charge >= 0.3 is 0 Å². The third kappa shape index (κ3) is 7.17. The summed E-state index contributed by atoms with van der Waals surface area (Å²) in [5, 5.41) is 0.918. The van der Waals surface area contributed by atoms with Crippen molar-refractivity contribution in [2.24, 2.45) is 0 Å². The SMILES string of the molecule is COc1ccccc1OCC(=O)NNC(=O)CCCOc1ccc(Cl)cc1Cl. The highest BCUT2D eigenvalue weighted by molar-refractivity contribution is 6.35. The first kappa shape index (κ1) is 21.7. The van der Waals surface area contributed by atoms with Crippen molar-refractivity contribution in [2.45, 2.75) is 12.8 Å². The second-order valence-corrected chi connectivity index (χ2v) is 6.41. The van der Waals surface area contributed by atoms with Gasteiger partial charge in [-0.2, -0.15) is 0 Å². The molecule has 0 bridgehead atoms. The largest absolute Gasteiger partial charge is 0.493 e. The fraction of sp³-hybridized carbons (Fsp3) is 0.263. The molecule has 0 saturated carbocycles. The molecule has 2 N–H and O–H groups in total. The van der Waals surface area contributed by atoms with Crippen LogP contribution in [0.15, 0.2) is 42.5 Å². The molecule has 0 aliphatic carbocycles. The zero-order chi connectivity index (χ0) is 20.4. The minimum atomic E-state index is -0.497. The van der Waals surface area contributed by atoms with Crippen LogP contribution in [0.25, 0.3) is 0 Å². The van der Waals surface area contributed by atoms with E-state index in [9.17, 15) is 9.59 Å². The predicted octanol–water partition coefficient (Wildman–Crippen LogP) is 3.39. The van der Waals surface area contributed by atoms with E-state index in [2.05, 4.69) is 10.9 Å². The smallest absolute Gasteiger partial charge is 0.276 e. The monoisotopic (exact) mass is 426 g/mol. The van der Waals surface area contributed by atoms with E-state index in [4.69, 9.17) is 37.4 Å². The molecule has 0 fully saturated rings. The highest BCUT2D eigenvalue weighted by Crippen LogP contribution is 2.27. The summed E-state index contributed by atoms with van der Waals surface area (Å²) in [5.74, 6) is 0.595. The van der Waals surface area contributed by atoms with Gasteiger partial charge in [0.05, 0.1) is 18.7 Å². The normalized spacial score (nSPS) is 10.1. The number of ether oxygens (including phenoxy) is 3. The lowest BCUT2D eigenvalue weighted by Crippen LogP contribution is -2.43. The van der Waals surface area contributed by atoms with Gasteiger partial charge in [0.15, 0.2) is 18.1 Å². The van der Waals surface area contributed by atoms with E-state index in [-0.39, 0.29) is 18.9 Å². The maximum Gasteiger partial charge on any atom is 0.276 e. The number of methoxy groups -OCH3 is 1. The van der Waals surface area contributed by atoms with Crippen molar-refractivity contribution in [3.63, 3.8) is 0 Å². The Labute approximate surface area is 172 Å². The molecule has 7 nitrogen and oxygen atoms in total. The van der Waals surface area contributed by atoms with Gasteiger partial charge in [-0.25, -0.2) is 0 Å². The molecular formula is C19H20Cl2N2O5. The Balaban J connectivity index is 1.62. The van der Waals surface area contributed by atoms with Gasteiger partial charge < -0.3 is 14.2 Å². The van der Waals surface area contributed by atoms with Crippen LogP contribution in [-0.4, -0.2) is 32.1 Å². The molecular weight excluding hydrogens is 407 g/mol. The number of hydrogen-bond donors (Lipinski definition) is 2. The Morgan fingerprint density at radius 3 is 2.36 bits per heavy atom. The summed E-state index contributed by atoms with van der Waals surface area (Å²) in [6, 6.07) is 11.8. The van der Waals surface area contributed by atoms with E-state index < -0.39 is 5.91 Å². The van der Waals surface area contributed by atoms with Crippen molar-refractivity contribution < 1.29 is 23.8 Å². The van der Waals surface area contributed by atoms with E-state index in [1.165, 1.54) is 7.11 Å². The Kier molecular flexibility index (Phi) is 8.71. The van der Waals surface area contributed by atoms with Crippen LogP contribution in [0.5, 0.6) is 17.2 Å². The quantitative estimate of drug-likeness (QED) is 0.474. The Bertz CT molecular complexity index is 817. The predicted molar refractivity (Wildman–Crippen MR) is 106 cm³/mol. The van der Waals surface area contributed by atoms with Crippen molar-refractivity contribution in [3.05, 3.63) is 52.5 Å². The molecule has 0 saturated heterocycles. The Morgan fingerprint density at radius 2 is 1.64 bits per heavy atom. The highest BCUT2D eigenvalue weighted by Gasteiger charge is 2.09. The van der Waals surface area contributed by atoms with Crippen molar-refractivity contribution in [3.8, 4) is 17.2 Å². The maximum atomic E-state index is 11.8. The zero-order valence-corrected chi connectivity index (χ0v) is 16.7. The zero-order valence-electron chi connectivity index (χ0n) is 15.2. The van der Waals surface area contributed by atoms with Crippen molar-refractivity contribution in [1.29, 1.82) is 0 Å². The van der Waals surface area contributed by atoms with Crippen LogP contribution in [0.2, 0.25) is 10.0 Å². The van der Waals surface area contributed by atoms with Gasteiger partial charge in [-0.1, -0.05) is 35.3 Å². The molecule has 0 radical (unpaired) electrons. The van der Waals surface area contributed by atoms with E-state index >= 15 is 0 Å². The molecule has 2 rings (SSSR count). The van der Waals surface area contributed by atoms with Gasteiger partial charge in [0.1, 0.15) is 5.75 Å². The second-order valence-electron chi connectivity index (χ2n) is 5.56. The van der Waals surface area contributed by atoms with E-state index in [0.717, 1.165) is 0 Å². The third-order valence-corrected chi connectivity index (χ3v) is 4.00. The van der Waals surface area contributed by atoms with E-state index in [1.807, 2.05) is 0 Å². The molecule has 2 amide bonds. The molecule has 2 aromatic carbocycles. The fourth-order valence-corrected chi connectivity index (χ4v) is 2.59. The van der Waals surface area contributed by atoms with Gasteiger partial charge in [-0.05, 0) is 36.8 Å². The number of amides is 2. The lowest BCUT2D eigenvalue weighted by atomic mass is 10.3. The number of rotatable bonds is 9. The van der Waals surface area contributed by atoms with E-state index in [0.29, 0.717) is 40.3 Å². The third-order valence-electron chi connectivity index (χ3n) is 3.47. The summed E-state index contributed by atoms with van der Waals surface area (Å²) in [7, 11) is 1.51. The Morgan fingerprint density at radius 1 is 0.929 bits per heavy atom. The standard InChI is InChI=1S/C19H20Cl2N2O5/c1-26-16-5-2-3-6-17(16)28-12-19(25)23-22-18(24)7-4-10-27-15-9-8-13(20)11-14(15)21/h2-3,5-6,8-9,11H,4,7,10,12H2,1H3,(H,22,24)(H,23,25). The number of carbonyl (C=O) groups is 2. The Hall–Kier alpha value is -2.64. The molecule has 0 aliphatic rings. The van der Waals surface area contributed by atoms with Crippen molar-refractivity contribution in [1.82, 2.24) is 10.9 Å². The molecule has 0 atom stereocenters. The van der Waals surface area contributed by atoms with Gasteiger partial charge in [-0.3, -0.25) is 20.4 Å². The maximum absolute atomic E-state index is 11.8. The molecule has 150 valence electrons. The summed E-state index contributed by atoms with van der Waals surface area (Å²) in [6.45, 7) is 0.0263. The number of para-hydroxylation sites is 2. The van der Waals surface area contributed by atoms with Gasteiger partial charge in [0, 0.05) is 11.4 Å². The number of nitrogens with one attached hydrogen (secondary N) is 2. The highest BCUT2D eigenvalue weighted by atomic mass is 35.5. The summed E-state index contributed by atoms with van der Waals surface area (Å²) < 4.78 is 16.0. The van der Waals surface area contributed by atoms with Crippen LogP contribution in [-0.2, 0) is 9.59 Å². The molecule has 0 aromatic heterocycles. The minimum Gasteiger partial charge on any atom is -0.493 e. The molecule has 2 aromatic rings. The summed E-state index contributed by atoms with van der Waals surface area (Å²) in [6.07, 6.45) is 0.608. The minimum absolute atomic E-state index is 0.166. The number of halogens is 2. The van der Waals surface area contributed by atoms with Crippen LogP contribution >= 0.6 is 23.2 Å². The molecule has 0 aliphatic heterocycles. The number of hydrogen-bond acceptors (Lipinski definition) is 5. The van der Waals surface area contributed by atoms with Gasteiger partial charge in [-0.15, -0.1) is 0 Å². The average Bonchev–Trinajstić information content (AvgIpc) is 2.69. The lowest BCUT2D eigenvalue weighted by Gasteiger charge is -2.11. The van der Waals surface area contributed by atoms with E-state index in [1.54, 1.807) is 42.5 Å². The second kappa shape index (κ2) is 11.3.